The number of piperidine rings is 1. The molecule has 2 aliphatic rings. The molecule has 1 amide bonds. The van der Waals surface area contributed by atoms with E-state index in [-0.39, 0.29) is 5.92 Å². The van der Waals surface area contributed by atoms with Gasteiger partial charge < -0.3 is 14.4 Å². The molecule has 0 bridgehead atoms. The number of hydrogen-bond donors (Lipinski definition) is 0. The minimum Gasteiger partial charge on any atom is -0.476 e. The van der Waals surface area contributed by atoms with Gasteiger partial charge in [0.15, 0.2) is 5.65 Å². The fourth-order valence-electron chi connectivity index (χ4n) is 3.60. The van der Waals surface area contributed by atoms with Gasteiger partial charge in [-0.05, 0) is 37.7 Å². The molecular weight excluding hydrogens is 320 g/mol. The lowest BCUT2D eigenvalue weighted by atomic mass is 9.94. The van der Waals surface area contributed by atoms with Gasteiger partial charge in [-0.2, -0.15) is 0 Å². The van der Waals surface area contributed by atoms with E-state index >= 15 is 0 Å². The summed E-state index contributed by atoms with van der Waals surface area (Å²) in [6.45, 7) is 3.74. The number of likely N-dealkylation sites (tertiary alicyclic amines) is 1. The summed E-state index contributed by atoms with van der Waals surface area (Å²) in [6.07, 6.45) is 7.24. The Kier molecular flexibility index (Phi) is 4.83. The Balaban J connectivity index is 1.25. The summed E-state index contributed by atoms with van der Waals surface area (Å²) in [6, 6.07) is 3.75. The van der Waals surface area contributed by atoms with Gasteiger partial charge in [-0.25, -0.2) is 9.50 Å². The molecule has 0 spiro atoms. The molecule has 0 aromatic carbocycles. The molecule has 2 aromatic rings. The van der Waals surface area contributed by atoms with Crippen LogP contribution in [0.3, 0.4) is 0 Å². The number of fused-ring (bicyclic) bond motifs is 1. The second-order valence-corrected chi connectivity index (χ2v) is 6.87. The monoisotopic (exact) mass is 344 g/mol. The molecule has 2 saturated heterocycles. The zero-order valence-electron chi connectivity index (χ0n) is 14.3. The molecule has 2 fully saturated rings. The van der Waals surface area contributed by atoms with Gasteiger partial charge in [-0.3, -0.25) is 4.79 Å². The predicted molar refractivity (Wildman–Crippen MR) is 91.3 cm³/mol. The maximum atomic E-state index is 12.6. The summed E-state index contributed by atoms with van der Waals surface area (Å²) in [7, 11) is 0. The Morgan fingerprint density at radius 2 is 2.00 bits per heavy atom. The van der Waals surface area contributed by atoms with Crippen LogP contribution >= 0.6 is 0 Å². The quantitative estimate of drug-likeness (QED) is 0.845. The molecule has 4 heterocycles. The van der Waals surface area contributed by atoms with Crippen molar-refractivity contribution in [2.45, 2.75) is 25.7 Å². The lowest BCUT2D eigenvalue weighted by Crippen LogP contribution is -2.43. The summed E-state index contributed by atoms with van der Waals surface area (Å²) in [5.41, 5.74) is 0.812. The molecule has 0 atom stereocenters. The Labute approximate surface area is 146 Å². The van der Waals surface area contributed by atoms with Gasteiger partial charge in [0.05, 0.1) is 6.61 Å². The zero-order chi connectivity index (χ0) is 17.1. The largest absolute Gasteiger partial charge is 0.476 e. The van der Waals surface area contributed by atoms with Crippen LogP contribution in [0.2, 0.25) is 0 Å². The Morgan fingerprint density at radius 1 is 1.20 bits per heavy atom. The molecule has 25 heavy (non-hydrogen) atoms. The fraction of sp³-hybridized carbons (Fsp3) is 0.611. The van der Waals surface area contributed by atoms with Crippen LogP contribution in [0.1, 0.15) is 25.7 Å². The normalized spacial score (nSPS) is 20.1. The van der Waals surface area contributed by atoms with Crippen molar-refractivity contribution in [1.82, 2.24) is 19.5 Å². The van der Waals surface area contributed by atoms with E-state index in [2.05, 4.69) is 10.1 Å². The van der Waals surface area contributed by atoms with Gasteiger partial charge >= 0.3 is 0 Å². The van der Waals surface area contributed by atoms with Crippen LogP contribution in [0, 0.1) is 11.8 Å². The first-order chi connectivity index (χ1) is 12.3. The number of carbonyl (C=O) groups is 1. The number of rotatable bonds is 4. The number of hydrogen-bond acceptors (Lipinski definition) is 5. The van der Waals surface area contributed by atoms with E-state index in [4.69, 9.17) is 9.47 Å². The van der Waals surface area contributed by atoms with Crippen molar-refractivity contribution in [3.8, 4) is 5.88 Å². The molecule has 7 nitrogen and oxygen atoms in total. The van der Waals surface area contributed by atoms with Crippen LogP contribution in [0.5, 0.6) is 5.88 Å². The maximum absolute atomic E-state index is 12.6. The highest BCUT2D eigenvalue weighted by Crippen LogP contribution is 2.23. The molecular formula is C18H24N4O3. The summed E-state index contributed by atoms with van der Waals surface area (Å²) in [5, 5.41) is 4.38. The van der Waals surface area contributed by atoms with Crippen LogP contribution in [0.4, 0.5) is 0 Å². The Morgan fingerprint density at radius 3 is 2.80 bits per heavy atom. The number of carbonyl (C=O) groups excluding carboxylic acids is 1. The molecule has 0 N–H and O–H groups in total. The van der Waals surface area contributed by atoms with Gasteiger partial charge in [-0.15, -0.1) is 5.10 Å². The summed E-state index contributed by atoms with van der Waals surface area (Å²) in [4.78, 5) is 18.8. The number of imidazole rings is 1. The molecule has 0 radical (unpaired) electrons. The smallest absolute Gasteiger partial charge is 0.231 e. The van der Waals surface area contributed by atoms with Crippen molar-refractivity contribution in [1.29, 1.82) is 0 Å². The summed E-state index contributed by atoms with van der Waals surface area (Å²) >= 11 is 0. The van der Waals surface area contributed by atoms with Gasteiger partial charge in [0.1, 0.15) is 0 Å². The van der Waals surface area contributed by atoms with Crippen molar-refractivity contribution in [2.75, 3.05) is 32.9 Å². The van der Waals surface area contributed by atoms with E-state index < -0.39 is 0 Å². The van der Waals surface area contributed by atoms with Crippen LogP contribution in [0.15, 0.2) is 24.5 Å². The molecule has 4 rings (SSSR count). The van der Waals surface area contributed by atoms with Gasteiger partial charge in [0.25, 0.3) is 0 Å². The van der Waals surface area contributed by atoms with Crippen molar-refractivity contribution in [3.05, 3.63) is 24.5 Å². The topological polar surface area (TPSA) is 69.0 Å². The third-order valence-corrected chi connectivity index (χ3v) is 5.19. The third kappa shape index (κ3) is 3.76. The van der Waals surface area contributed by atoms with E-state index in [0.29, 0.717) is 24.3 Å². The predicted octanol–water partition coefficient (Wildman–Crippen LogP) is 1.77. The summed E-state index contributed by atoms with van der Waals surface area (Å²) < 4.78 is 12.9. The number of aromatic nitrogens is 3. The molecule has 134 valence electrons. The number of ether oxygens (including phenoxy) is 2. The highest BCUT2D eigenvalue weighted by molar-refractivity contribution is 5.79. The van der Waals surface area contributed by atoms with E-state index in [1.807, 2.05) is 23.2 Å². The van der Waals surface area contributed by atoms with E-state index in [9.17, 15) is 4.79 Å². The minimum atomic E-state index is 0.160. The zero-order valence-corrected chi connectivity index (χ0v) is 14.3. The second-order valence-electron chi connectivity index (χ2n) is 6.87. The lowest BCUT2D eigenvalue weighted by Gasteiger charge is -2.35. The first kappa shape index (κ1) is 16.3. The summed E-state index contributed by atoms with van der Waals surface area (Å²) in [5.74, 6) is 1.56. The molecule has 7 heteroatoms. The van der Waals surface area contributed by atoms with E-state index in [1.54, 1.807) is 10.7 Å². The van der Waals surface area contributed by atoms with Crippen molar-refractivity contribution in [3.63, 3.8) is 0 Å². The lowest BCUT2D eigenvalue weighted by molar-refractivity contribution is -0.140. The first-order valence-electron chi connectivity index (χ1n) is 9.09. The van der Waals surface area contributed by atoms with Crippen molar-refractivity contribution < 1.29 is 14.3 Å². The van der Waals surface area contributed by atoms with E-state index in [1.165, 1.54) is 0 Å². The second kappa shape index (κ2) is 7.39. The SMILES string of the molecule is O=C(C1CCOCC1)N1CCC(COc2ccc3nccn3n2)CC1. The minimum absolute atomic E-state index is 0.160. The fourth-order valence-corrected chi connectivity index (χ4v) is 3.60. The molecule has 2 aromatic heterocycles. The van der Waals surface area contributed by atoms with Gasteiger partial charge in [0.2, 0.25) is 11.8 Å². The third-order valence-electron chi connectivity index (χ3n) is 5.19. The average Bonchev–Trinajstić information content (AvgIpc) is 3.15. The molecule has 2 aliphatic heterocycles. The van der Waals surface area contributed by atoms with Crippen LogP contribution in [-0.4, -0.2) is 58.3 Å². The molecule has 0 unspecified atom stereocenters. The standard InChI is InChI=1S/C18H24N4O3/c23-18(15-5-11-24-12-6-15)21-8-3-14(4-9-21)13-25-17-2-1-16-19-7-10-22(16)20-17/h1-2,7,10,14-15H,3-6,8-9,11-13H2. The van der Waals surface area contributed by atoms with Crippen molar-refractivity contribution >= 4 is 11.6 Å². The highest BCUT2D eigenvalue weighted by atomic mass is 16.5. The first-order valence-corrected chi connectivity index (χ1v) is 9.09. The Bertz CT molecular complexity index is 718. The van der Waals surface area contributed by atoms with Crippen LogP contribution in [0.25, 0.3) is 5.65 Å². The maximum Gasteiger partial charge on any atom is 0.231 e. The highest BCUT2D eigenvalue weighted by Gasteiger charge is 2.29. The van der Waals surface area contributed by atoms with E-state index in [0.717, 1.165) is 57.6 Å². The number of nitrogens with zero attached hydrogens (tertiary/aromatic N) is 4. The Hall–Kier alpha value is -2.15. The van der Waals surface area contributed by atoms with Crippen LogP contribution < -0.4 is 4.74 Å². The van der Waals surface area contributed by atoms with Crippen LogP contribution in [-0.2, 0) is 9.53 Å². The van der Waals surface area contributed by atoms with Crippen molar-refractivity contribution in [2.24, 2.45) is 11.8 Å². The van der Waals surface area contributed by atoms with Gasteiger partial charge in [0, 0.05) is 50.7 Å². The number of amides is 1. The average molecular weight is 344 g/mol. The molecule has 0 aliphatic carbocycles. The van der Waals surface area contributed by atoms with Gasteiger partial charge in [-0.1, -0.05) is 0 Å². The molecule has 0 saturated carbocycles.